The number of pyridine rings is 1. The van der Waals surface area contributed by atoms with E-state index in [0.717, 1.165) is 22.0 Å². The number of rotatable bonds is 3. The highest BCUT2D eigenvalue weighted by Crippen LogP contribution is 2.21. The lowest BCUT2D eigenvalue weighted by atomic mass is 10.3. The molecule has 0 fully saturated rings. The predicted octanol–water partition coefficient (Wildman–Crippen LogP) is 3.06. The van der Waals surface area contributed by atoms with Gasteiger partial charge in [0, 0.05) is 35.2 Å². The summed E-state index contributed by atoms with van der Waals surface area (Å²) in [4.78, 5) is 22.4. The minimum absolute atomic E-state index is 0.178. The highest BCUT2D eigenvalue weighted by Gasteiger charge is 2.08. The maximum absolute atomic E-state index is 11.9. The van der Waals surface area contributed by atoms with Crippen LogP contribution in [0.5, 0.6) is 0 Å². The van der Waals surface area contributed by atoms with E-state index in [2.05, 4.69) is 15.3 Å². The van der Waals surface area contributed by atoms with E-state index < -0.39 is 0 Å². The second-order valence-electron chi connectivity index (χ2n) is 4.64. The molecular formula is C15H14N4OS. The Kier molecular flexibility index (Phi) is 3.53. The number of thiazole rings is 1. The van der Waals surface area contributed by atoms with Crippen molar-refractivity contribution >= 4 is 34.0 Å². The van der Waals surface area contributed by atoms with Crippen LogP contribution >= 0.6 is 11.3 Å². The molecule has 106 valence electrons. The van der Waals surface area contributed by atoms with Crippen LogP contribution in [0.15, 0.2) is 36.8 Å². The summed E-state index contributed by atoms with van der Waals surface area (Å²) in [5, 5.41) is 2.78. The van der Waals surface area contributed by atoms with Gasteiger partial charge in [-0.1, -0.05) is 0 Å². The molecule has 0 unspecified atom stereocenters. The van der Waals surface area contributed by atoms with E-state index in [4.69, 9.17) is 0 Å². The van der Waals surface area contributed by atoms with Gasteiger partial charge in [-0.15, -0.1) is 11.3 Å². The van der Waals surface area contributed by atoms with Crippen LogP contribution in [-0.2, 0) is 4.79 Å². The van der Waals surface area contributed by atoms with Crippen molar-refractivity contribution in [3.05, 3.63) is 53.1 Å². The van der Waals surface area contributed by atoms with Crippen LogP contribution in [0, 0.1) is 13.8 Å². The third kappa shape index (κ3) is 2.85. The Hall–Kier alpha value is -2.47. The van der Waals surface area contributed by atoms with Gasteiger partial charge in [-0.25, -0.2) is 4.98 Å². The number of nitrogens with zero attached hydrogens (tertiary/aromatic N) is 3. The van der Waals surface area contributed by atoms with Crippen molar-refractivity contribution in [1.82, 2.24) is 14.4 Å². The number of carbonyl (C=O) groups is 1. The molecule has 1 amide bonds. The molecule has 3 heterocycles. The van der Waals surface area contributed by atoms with Gasteiger partial charge in [0.05, 0.1) is 11.4 Å². The van der Waals surface area contributed by atoms with Gasteiger partial charge in [-0.2, -0.15) is 0 Å². The number of anilines is 1. The van der Waals surface area contributed by atoms with Crippen LogP contribution in [0.1, 0.15) is 16.3 Å². The SMILES string of the molecule is Cc1cn2c(/C=C/C(=O)Nc3ccncc3)c(C)nc2s1. The number of aromatic nitrogens is 3. The molecule has 0 aromatic carbocycles. The van der Waals surface area contributed by atoms with Gasteiger partial charge in [-0.05, 0) is 32.1 Å². The number of carbonyl (C=O) groups excluding carboxylic acids is 1. The molecule has 0 aliphatic rings. The summed E-state index contributed by atoms with van der Waals surface area (Å²) < 4.78 is 2.01. The molecule has 0 bridgehead atoms. The molecule has 0 saturated heterocycles. The molecule has 0 spiro atoms. The molecule has 0 aliphatic heterocycles. The fraction of sp³-hybridized carbons (Fsp3) is 0.133. The number of hydrogen-bond donors (Lipinski definition) is 1. The second-order valence-corrected chi connectivity index (χ2v) is 5.85. The summed E-state index contributed by atoms with van der Waals surface area (Å²) in [6.07, 6.45) is 8.61. The van der Waals surface area contributed by atoms with Crippen molar-refractivity contribution in [2.45, 2.75) is 13.8 Å². The molecule has 6 heteroatoms. The van der Waals surface area contributed by atoms with Crippen LogP contribution in [0.4, 0.5) is 5.69 Å². The number of aryl methyl sites for hydroxylation is 2. The fourth-order valence-corrected chi connectivity index (χ4v) is 2.93. The average Bonchev–Trinajstić information content (AvgIpc) is 2.93. The van der Waals surface area contributed by atoms with Crippen molar-refractivity contribution < 1.29 is 4.79 Å². The zero-order valence-corrected chi connectivity index (χ0v) is 12.5. The van der Waals surface area contributed by atoms with Crippen molar-refractivity contribution in [1.29, 1.82) is 0 Å². The first-order chi connectivity index (χ1) is 10.1. The molecule has 0 aliphatic carbocycles. The minimum atomic E-state index is -0.178. The quantitative estimate of drug-likeness (QED) is 0.756. The number of nitrogens with one attached hydrogen (secondary N) is 1. The van der Waals surface area contributed by atoms with Crippen LogP contribution in [0.25, 0.3) is 11.0 Å². The molecule has 3 aromatic heterocycles. The molecule has 0 radical (unpaired) electrons. The lowest BCUT2D eigenvalue weighted by molar-refractivity contribution is -0.111. The monoisotopic (exact) mass is 298 g/mol. The van der Waals surface area contributed by atoms with Crippen LogP contribution in [-0.4, -0.2) is 20.3 Å². The van der Waals surface area contributed by atoms with E-state index in [1.54, 1.807) is 41.9 Å². The van der Waals surface area contributed by atoms with E-state index in [1.807, 2.05) is 24.4 Å². The van der Waals surface area contributed by atoms with Crippen molar-refractivity contribution in [3.8, 4) is 0 Å². The Morgan fingerprint density at radius 1 is 1.33 bits per heavy atom. The van der Waals surface area contributed by atoms with Crippen LogP contribution < -0.4 is 5.32 Å². The topological polar surface area (TPSA) is 59.3 Å². The van der Waals surface area contributed by atoms with Gasteiger partial charge in [0.15, 0.2) is 4.96 Å². The largest absolute Gasteiger partial charge is 0.322 e. The molecule has 5 nitrogen and oxygen atoms in total. The van der Waals surface area contributed by atoms with Crippen molar-refractivity contribution in [2.75, 3.05) is 5.32 Å². The standard InChI is InChI=1S/C15H14N4OS/c1-10-9-19-13(11(2)17-15(19)21-10)3-4-14(20)18-12-5-7-16-8-6-12/h3-9H,1-2H3,(H,16,18,20)/b4-3+. The highest BCUT2D eigenvalue weighted by atomic mass is 32.1. The van der Waals surface area contributed by atoms with Crippen LogP contribution in [0.3, 0.4) is 0 Å². The Morgan fingerprint density at radius 3 is 2.86 bits per heavy atom. The lowest BCUT2D eigenvalue weighted by Crippen LogP contribution is -2.07. The predicted molar refractivity (Wildman–Crippen MR) is 84.4 cm³/mol. The molecule has 3 aromatic rings. The van der Waals surface area contributed by atoms with E-state index >= 15 is 0 Å². The van der Waals surface area contributed by atoms with Gasteiger partial charge >= 0.3 is 0 Å². The average molecular weight is 298 g/mol. The molecule has 0 atom stereocenters. The zero-order chi connectivity index (χ0) is 14.8. The first kappa shape index (κ1) is 13.5. The number of imidazole rings is 1. The van der Waals surface area contributed by atoms with E-state index in [0.29, 0.717) is 0 Å². The first-order valence-electron chi connectivity index (χ1n) is 6.47. The van der Waals surface area contributed by atoms with E-state index in [9.17, 15) is 4.79 Å². The summed E-state index contributed by atoms with van der Waals surface area (Å²) in [5.74, 6) is -0.178. The summed E-state index contributed by atoms with van der Waals surface area (Å²) in [6.45, 7) is 3.98. The van der Waals surface area contributed by atoms with Gasteiger partial charge < -0.3 is 5.32 Å². The maximum atomic E-state index is 11.9. The lowest BCUT2D eigenvalue weighted by Gasteiger charge is -2.00. The number of fused-ring (bicyclic) bond motifs is 1. The number of amides is 1. The third-order valence-corrected chi connectivity index (χ3v) is 3.90. The Labute approximate surface area is 126 Å². The number of hydrogen-bond acceptors (Lipinski definition) is 4. The van der Waals surface area contributed by atoms with E-state index in [-0.39, 0.29) is 5.91 Å². The summed E-state index contributed by atoms with van der Waals surface area (Å²) in [7, 11) is 0. The first-order valence-corrected chi connectivity index (χ1v) is 7.29. The second kappa shape index (κ2) is 5.49. The van der Waals surface area contributed by atoms with Gasteiger partial charge in [0.1, 0.15) is 0 Å². The summed E-state index contributed by atoms with van der Waals surface area (Å²) in [6, 6.07) is 3.49. The smallest absolute Gasteiger partial charge is 0.248 e. The fourth-order valence-electron chi connectivity index (χ4n) is 2.06. The summed E-state index contributed by atoms with van der Waals surface area (Å²) >= 11 is 1.63. The molecule has 3 rings (SSSR count). The van der Waals surface area contributed by atoms with Gasteiger partial charge in [-0.3, -0.25) is 14.2 Å². The van der Waals surface area contributed by atoms with Gasteiger partial charge in [0.2, 0.25) is 5.91 Å². The zero-order valence-electron chi connectivity index (χ0n) is 11.7. The van der Waals surface area contributed by atoms with Crippen molar-refractivity contribution in [3.63, 3.8) is 0 Å². The molecular weight excluding hydrogens is 284 g/mol. The molecule has 0 saturated carbocycles. The molecule has 21 heavy (non-hydrogen) atoms. The van der Waals surface area contributed by atoms with Crippen LogP contribution in [0.2, 0.25) is 0 Å². The normalized spacial score (nSPS) is 11.3. The van der Waals surface area contributed by atoms with Gasteiger partial charge in [0.25, 0.3) is 0 Å². The third-order valence-electron chi connectivity index (χ3n) is 3.00. The Bertz CT molecular complexity index is 817. The summed E-state index contributed by atoms with van der Waals surface area (Å²) in [5.41, 5.74) is 2.56. The molecule has 1 N–H and O–H groups in total. The highest BCUT2D eigenvalue weighted by molar-refractivity contribution is 7.17. The Morgan fingerprint density at radius 2 is 2.10 bits per heavy atom. The van der Waals surface area contributed by atoms with Crippen molar-refractivity contribution in [2.24, 2.45) is 0 Å². The Balaban J connectivity index is 1.81. The maximum Gasteiger partial charge on any atom is 0.248 e. The van der Waals surface area contributed by atoms with E-state index in [1.165, 1.54) is 11.0 Å². The minimum Gasteiger partial charge on any atom is -0.322 e.